The van der Waals surface area contributed by atoms with Gasteiger partial charge in [0.2, 0.25) is 15.9 Å². The van der Waals surface area contributed by atoms with E-state index < -0.39 is 27.3 Å². The molecule has 7 nitrogen and oxygen atoms in total. The standard InChI is InChI=1S/C21H21F3N2O5S/c1-30-18-14-15(6-8-17(18)31-21(23)24)7-9-20(27)25-10-12-26(13-11-25)32(28,29)19-5-3-2-4-16(19)22/h2-9,14,21H,10-13H2,1H3. The molecule has 3 rings (SSSR count). The summed E-state index contributed by atoms with van der Waals surface area (Å²) in [5.74, 6) is -1.21. The molecule has 11 heteroatoms. The quantitative estimate of drug-likeness (QED) is 0.582. The molecule has 1 aliphatic rings. The molecule has 0 spiro atoms. The van der Waals surface area contributed by atoms with Crippen molar-refractivity contribution in [2.45, 2.75) is 11.5 Å². The number of nitrogens with zero attached hydrogens (tertiary/aromatic N) is 2. The zero-order valence-electron chi connectivity index (χ0n) is 17.1. The second-order valence-corrected chi connectivity index (χ2v) is 8.69. The molecule has 172 valence electrons. The van der Waals surface area contributed by atoms with E-state index in [1.165, 1.54) is 60.6 Å². The van der Waals surface area contributed by atoms with E-state index in [-0.39, 0.29) is 43.6 Å². The van der Waals surface area contributed by atoms with E-state index in [4.69, 9.17) is 4.74 Å². The molecule has 1 fully saturated rings. The van der Waals surface area contributed by atoms with Crippen molar-refractivity contribution in [3.8, 4) is 11.5 Å². The third-order valence-electron chi connectivity index (χ3n) is 4.83. The minimum absolute atomic E-state index is 0.0315. The zero-order valence-corrected chi connectivity index (χ0v) is 17.9. The highest BCUT2D eigenvalue weighted by Crippen LogP contribution is 2.30. The molecule has 1 saturated heterocycles. The first-order chi connectivity index (χ1) is 15.2. The summed E-state index contributed by atoms with van der Waals surface area (Å²) in [6.45, 7) is -2.65. The molecule has 1 amide bonds. The molecule has 0 unspecified atom stereocenters. The number of halogens is 3. The van der Waals surface area contributed by atoms with Gasteiger partial charge in [0.05, 0.1) is 7.11 Å². The Labute approximate surface area is 183 Å². The number of hydrogen-bond donors (Lipinski definition) is 0. The highest BCUT2D eigenvalue weighted by molar-refractivity contribution is 7.89. The number of piperazine rings is 1. The maximum Gasteiger partial charge on any atom is 0.387 e. The van der Waals surface area contributed by atoms with Gasteiger partial charge in [0, 0.05) is 32.3 Å². The summed E-state index contributed by atoms with van der Waals surface area (Å²) in [6.07, 6.45) is 2.78. The van der Waals surface area contributed by atoms with Gasteiger partial charge in [-0.05, 0) is 35.9 Å². The Morgan fingerprint density at radius 3 is 2.38 bits per heavy atom. The Morgan fingerprint density at radius 2 is 1.75 bits per heavy atom. The molecule has 1 heterocycles. The van der Waals surface area contributed by atoms with Crippen molar-refractivity contribution in [2.24, 2.45) is 0 Å². The van der Waals surface area contributed by atoms with Gasteiger partial charge < -0.3 is 14.4 Å². The number of carbonyl (C=O) groups is 1. The van der Waals surface area contributed by atoms with E-state index in [2.05, 4.69) is 4.74 Å². The predicted molar refractivity (Wildman–Crippen MR) is 110 cm³/mol. The number of sulfonamides is 1. The molecule has 0 radical (unpaired) electrons. The Bertz CT molecular complexity index is 1100. The number of benzene rings is 2. The van der Waals surface area contributed by atoms with Crippen LogP contribution in [0.25, 0.3) is 6.08 Å². The lowest BCUT2D eigenvalue weighted by Crippen LogP contribution is -2.50. The van der Waals surface area contributed by atoms with Crippen molar-refractivity contribution in [1.29, 1.82) is 0 Å². The van der Waals surface area contributed by atoms with Crippen molar-refractivity contribution >= 4 is 22.0 Å². The molecule has 2 aromatic rings. The van der Waals surface area contributed by atoms with Crippen molar-refractivity contribution in [3.63, 3.8) is 0 Å². The predicted octanol–water partition coefficient (Wildman–Crippen LogP) is 2.98. The molecular formula is C21H21F3N2O5S. The summed E-state index contributed by atoms with van der Waals surface area (Å²) in [6, 6.07) is 9.38. The number of rotatable bonds is 7. The van der Waals surface area contributed by atoms with Crippen LogP contribution in [-0.2, 0) is 14.8 Å². The molecule has 0 aliphatic carbocycles. The van der Waals surface area contributed by atoms with Gasteiger partial charge in [-0.3, -0.25) is 4.79 Å². The average Bonchev–Trinajstić information content (AvgIpc) is 2.78. The number of alkyl halides is 2. The number of amides is 1. The minimum Gasteiger partial charge on any atom is -0.493 e. The maximum atomic E-state index is 13.9. The van der Waals surface area contributed by atoms with Crippen molar-refractivity contribution in [1.82, 2.24) is 9.21 Å². The topological polar surface area (TPSA) is 76.2 Å². The summed E-state index contributed by atoms with van der Waals surface area (Å²) >= 11 is 0. The molecule has 1 aliphatic heterocycles. The largest absolute Gasteiger partial charge is 0.493 e. The van der Waals surface area contributed by atoms with Gasteiger partial charge in [-0.15, -0.1) is 0 Å². The summed E-state index contributed by atoms with van der Waals surface area (Å²) in [5, 5.41) is 0. The van der Waals surface area contributed by atoms with Crippen LogP contribution in [0.5, 0.6) is 11.5 Å². The Balaban J connectivity index is 1.62. The van der Waals surface area contributed by atoms with Crippen LogP contribution in [0.3, 0.4) is 0 Å². The number of hydrogen-bond acceptors (Lipinski definition) is 5. The highest BCUT2D eigenvalue weighted by Gasteiger charge is 2.31. The van der Waals surface area contributed by atoms with Crippen LogP contribution in [0.1, 0.15) is 5.56 Å². The second kappa shape index (κ2) is 10.0. The number of carbonyl (C=O) groups excluding carboxylic acids is 1. The van der Waals surface area contributed by atoms with E-state index in [1.807, 2.05) is 0 Å². The molecule has 0 atom stereocenters. The van der Waals surface area contributed by atoms with Gasteiger partial charge in [0.1, 0.15) is 10.7 Å². The van der Waals surface area contributed by atoms with E-state index in [1.54, 1.807) is 0 Å². The molecule has 0 N–H and O–H groups in total. The van der Waals surface area contributed by atoms with E-state index in [9.17, 15) is 26.4 Å². The summed E-state index contributed by atoms with van der Waals surface area (Å²) in [5.41, 5.74) is 0.526. The van der Waals surface area contributed by atoms with Crippen LogP contribution >= 0.6 is 0 Å². The van der Waals surface area contributed by atoms with Crippen LogP contribution in [-0.4, -0.2) is 63.4 Å². The van der Waals surface area contributed by atoms with Crippen LogP contribution in [0.2, 0.25) is 0 Å². The first-order valence-corrected chi connectivity index (χ1v) is 11.0. The number of ether oxygens (including phenoxy) is 2. The molecule has 0 aromatic heterocycles. The Morgan fingerprint density at radius 1 is 1.06 bits per heavy atom. The first kappa shape index (κ1) is 23.6. The summed E-state index contributed by atoms with van der Waals surface area (Å²) < 4.78 is 74.6. The average molecular weight is 470 g/mol. The fourth-order valence-electron chi connectivity index (χ4n) is 3.20. The van der Waals surface area contributed by atoms with Gasteiger partial charge >= 0.3 is 6.61 Å². The Kier molecular flexibility index (Phi) is 7.41. The Hall–Kier alpha value is -3.05. The van der Waals surface area contributed by atoms with E-state index >= 15 is 0 Å². The molecular weight excluding hydrogens is 449 g/mol. The van der Waals surface area contributed by atoms with E-state index in [0.717, 1.165) is 10.4 Å². The van der Waals surface area contributed by atoms with Gasteiger partial charge in [-0.25, -0.2) is 12.8 Å². The maximum absolute atomic E-state index is 13.9. The van der Waals surface area contributed by atoms with Gasteiger partial charge in [-0.1, -0.05) is 18.2 Å². The summed E-state index contributed by atoms with van der Waals surface area (Å²) in [7, 11) is -2.69. The molecule has 0 bridgehead atoms. The van der Waals surface area contributed by atoms with Gasteiger partial charge in [-0.2, -0.15) is 13.1 Å². The van der Waals surface area contributed by atoms with Crippen LogP contribution < -0.4 is 9.47 Å². The van der Waals surface area contributed by atoms with Crippen molar-refractivity contribution in [2.75, 3.05) is 33.3 Å². The fourth-order valence-corrected chi connectivity index (χ4v) is 4.68. The third-order valence-corrected chi connectivity index (χ3v) is 6.76. The monoisotopic (exact) mass is 470 g/mol. The van der Waals surface area contributed by atoms with Gasteiger partial charge in [0.25, 0.3) is 0 Å². The normalized spacial score (nSPS) is 15.3. The molecule has 32 heavy (non-hydrogen) atoms. The SMILES string of the molecule is COc1cc(C=CC(=O)N2CCN(S(=O)(=O)c3ccccc3F)CC2)ccc1OC(F)F. The third kappa shape index (κ3) is 5.40. The first-order valence-electron chi connectivity index (χ1n) is 9.57. The molecule has 0 saturated carbocycles. The second-order valence-electron chi connectivity index (χ2n) is 6.78. The minimum atomic E-state index is -3.99. The van der Waals surface area contributed by atoms with Gasteiger partial charge in [0.15, 0.2) is 11.5 Å². The zero-order chi connectivity index (χ0) is 23.3. The lowest BCUT2D eigenvalue weighted by atomic mass is 10.2. The summed E-state index contributed by atoms with van der Waals surface area (Å²) in [4.78, 5) is 13.5. The number of methoxy groups -OCH3 is 1. The lowest BCUT2D eigenvalue weighted by molar-refractivity contribution is -0.127. The molecule has 2 aromatic carbocycles. The lowest BCUT2D eigenvalue weighted by Gasteiger charge is -2.33. The van der Waals surface area contributed by atoms with Crippen LogP contribution in [0, 0.1) is 5.82 Å². The highest BCUT2D eigenvalue weighted by atomic mass is 32.2. The van der Waals surface area contributed by atoms with E-state index in [0.29, 0.717) is 5.56 Å². The van der Waals surface area contributed by atoms with Crippen LogP contribution in [0.4, 0.5) is 13.2 Å². The van der Waals surface area contributed by atoms with Crippen molar-refractivity contribution in [3.05, 3.63) is 59.9 Å². The van der Waals surface area contributed by atoms with Crippen molar-refractivity contribution < 1.29 is 35.9 Å². The van der Waals surface area contributed by atoms with Crippen LogP contribution in [0.15, 0.2) is 53.4 Å². The smallest absolute Gasteiger partial charge is 0.387 e. The fraction of sp³-hybridized carbons (Fsp3) is 0.286.